The average Bonchev–Trinajstić information content (AvgIpc) is 2.90. The van der Waals surface area contributed by atoms with Crippen molar-refractivity contribution in [3.8, 4) is 0 Å². The Kier molecular flexibility index (Phi) is 4.33. The molecule has 1 heterocycles. The Bertz CT molecular complexity index is 520. The standard InChI is InChI=1S/C14H16N2S2/c1-2-11(13-8-5-9-18-13)16-12-7-4-3-6-10(12)14(15)17/h3-9,11,16H,2H2,1H3,(H2,15,17). The maximum absolute atomic E-state index is 5.74. The fourth-order valence-corrected chi connectivity index (χ4v) is 2.91. The zero-order valence-electron chi connectivity index (χ0n) is 10.2. The van der Waals surface area contributed by atoms with Gasteiger partial charge in [0.1, 0.15) is 4.99 Å². The van der Waals surface area contributed by atoms with Gasteiger partial charge in [-0.2, -0.15) is 0 Å². The molecule has 0 radical (unpaired) electrons. The van der Waals surface area contributed by atoms with Crippen LogP contribution in [0.5, 0.6) is 0 Å². The predicted octanol–water partition coefficient (Wildman–Crippen LogP) is 3.95. The lowest BCUT2D eigenvalue weighted by Gasteiger charge is -2.19. The molecule has 1 aromatic carbocycles. The molecule has 2 aromatic rings. The average molecular weight is 276 g/mol. The molecule has 1 unspecified atom stereocenters. The summed E-state index contributed by atoms with van der Waals surface area (Å²) >= 11 is 6.84. The van der Waals surface area contributed by atoms with E-state index in [0.29, 0.717) is 11.0 Å². The topological polar surface area (TPSA) is 38.0 Å². The number of thiophene rings is 1. The van der Waals surface area contributed by atoms with Crippen molar-refractivity contribution in [2.24, 2.45) is 5.73 Å². The van der Waals surface area contributed by atoms with Gasteiger partial charge in [-0.05, 0) is 30.0 Å². The first kappa shape index (κ1) is 13.1. The first-order chi connectivity index (χ1) is 8.72. The van der Waals surface area contributed by atoms with Crippen molar-refractivity contribution in [3.63, 3.8) is 0 Å². The third-order valence-electron chi connectivity index (χ3n) is 2.82. The monoisotopic (exact) mass is 276 g/mol. The van der Waals surface area contributed by atoms with Crippen LogP contribution in [-0.2, 0) is 0 Å². The van der Waals surface area contributed by atoms with Crippen molar-refractivity contribution in [1.82, 2.24) is 0 Å². The molecule has 18 heavy (non-hydrogen) atoms. The number of thiocarbonyl (C=S) groups is 1. The van der Waals surface area contributed by atoms with Crippen molar-refractivity contribution >= 4 is 34.2 Å². The summed E-state index contributed by atoms with van der Waals surface area (Å²) in [6, 6.07) is 12.4. The molecule has 1 atom stereocenters. The molecule has 1 aromatic heterocycles. The van der Waals surface area contributed by atoms with E-state index >= 15 is 0 Å². The Morgan fingerprint density at radius 1 is 1.33 bits per heavy atom. The summed E-state index contributed by atoms with van der Waals surface area (Å²) in [4.78, 5) is 1.76. The van der Waals surface area contributed by atoms with Gasteiger partial charge >= 0.3 is 0 Å². The Labute approximate surface area is 117 Å². The molecule has 0 spiro atoms. The van der Waals surface area contributed by atoms with E-state index < -0.39 is 0 Å². The smallest absolute Gasteiger partial charge is 0.106 e. The Morgan fingerprint density at radius 2 is 2.11 bits per heavy atom. The van der Waals surface area contributed by atoms with Crippen LogP contribution in [0.25, 0.3) is 0 Å². The van der Waals surface area contributed by atoms with E-state index in [1.807, 2.05) is 24.3 Å². The van der Waals surface area contributed by atoms with E-state index in [4.69, 9.17) is 18.0 Å². The zero-order valence-corrected chi connectivity index (χ0v) is 11.9. The van der Waals surface area contributed by atoms with Crippen LogP contribution in [0.3, 0.4) is 0 Å². The van der Waals surface area contributed by atoms with E-state index in [1.54, 1.807) is 11.3 Å². The minimum absolute atomic E-state index is 0.306. The van der Waals surface area contributed by atoms with Crippen molar-refractivity contribution in [2.45, 2.75) is 19.4 Å². The van der Waals surface area contributed by atoms with Gasteiger partial charge in [0.2, 0.25) is 0 Å². The summed E-state index contributed by atoms with van der Waals surface area (Å²) in [6.45, 7) is 2.17. The molecular formula is C14H16N2S2. The molecular weight excluding hydrogens is 260 g/mol. The number of benzene rings is 1. The van der Waals surface area contributed by atoms with Crippen molar-refractivity contribution in [3.05, 3.63) is 52.2 Å². The molecule has 0 fully saturated rings. The van der Waals surface area contributed by atoms with Crippen LogP contribution in [-0.4, -0.2) is 4.99 Å². The van der Waals surface area contributed by atoms with Crippen LogP contribution in [0.15, 0.2) is 41.8 Å². The van der Waals surface area contributed by atoms with Crippen molar-refractivity contribution in [2.75, 3.05) is 5.32 Å². The highest BCUT2D eigenvalue weighted by atomic mass is 32.1. The van der Waals surface area contributed by atoms with Crippen LogP contribution in [0.4, 0.5) is 5.69 Å². The second-order valence-electron chi connectivity index (χ2n) is 4.03. The molecule has 94 valence electrons. The van der Waals surface area contributed by atoms with Gasteiger partial charge in [0, 0.05) is 16.1 Å². The highest BCUT2D eigenvalue weighted by Gasteiger charge is 2.12. The quantitative estimate of drug-likeness (QED) is 0.812. The van der Waals surface area contributed by atoms with Crippen LogP contribution >= 0.6 is 23.6 Å². The first-order valence-corrected chi connectivity index (χ1v) is 7.20. The van der Waals surface area contributed by atoms with E-state index in [1.165, 1.54) is 4.88 Å². The van der Waals surface area contributed by atoms with Gasteiger partial charge in [-0.3, -0.25) is 0 Å². The largest absolute Gasteiger partial charge is 0.389 e. The SMILES string of the molecule is CCC(Nc1ccccc1C(N)=S)c1cccs1. The maximum Gasteiger partial charge on any atom is 0.106 e. The van der Waals surface area contributed by atoms with E-state index in [2.05, 4.69) is 29.8 Å². The van der Waals surface area contributed by atoms with Gasteiger partial charge in [-0.25, -0.2) is 0 Å². The predicted molar refractivity (Wildman–Crippen MR) is 83.3 cm³/mol. The fourth-order valence-electron chi connectivity index (χ4n) is 1.88. The Hall–Kier alpha value is -1.39. The second kappa shape index (κ2) is 5.98. The molecule has 0 aliphatic heterocycles. The van der Waals surface area contributed by atoms with Crippen LogP contribution < -0.4 is 11.1 Å². The Morgan fingerprint density at radius 3 is 2.72 bits per heavy atom. The molecule has 3 N–H and O–H groups in total. The number of anilines is 1. The summed E-state index contributed by atoms with van der Waals surface area (Å²) < 4.78 is 0. The number of nitrogens with two attached hydrogens (primary N) is 1. The van der Waals surface area contributed by atoms with Crippen molar-refractivity contribution in [1.29, 1.82) is 0 Å². The van der Waals surface area contributed by atoms with Gasteiger partial charge < -0.3 is 11.1 Å². The summed E-state index contributed by atoms with van der Waals surface area (Å²) in [7, 11) is 0. The number of hydrogen-bond donors (Lipinski definition) is 2. The zero-order chi connectivity index (χ0) is 13.0. The van der Waals surface area contributed by atoms with Gasteiger partial charge in [0.05, 0.1) is 6.04 Å². The van der Waals surface area contributed by atoms with Crippen LogP contribution in [0, 0.1) is 0 Å². The molecule has 2 rings (SSSR count). The minimum Gasteiger partial charge on any atom is -0.389 e. The molecule has 2 nitrogen and oxygen atoms in total. The molecule has 0 bridgehead atoms. The van der Waals surface area contributed by atoms with E-state index in [-0.39, 0.29) is 0 Å². The minimum atomic E-state index is 0.306. The molecule has 4 heteroatoms. The summed E-state index contributed by atoms with van der Waals surface area (Å²) in [5.74, 6) is 0. The highest BCUT2D eigenvalue weighted by molar-refractivity contribution is 7.80. The molecule has 0 aliphatic carbocycles. The normalized spacial score (nSPS) is 12.1. The first-order valence-electron chi connectivity index (χ1n) is 5.91. The number of rotatable bonds is 5. The summed E-state index contributed by atoms with van der Waals surface area (Å²) in [5, 5.41) is 5.62. The van der Waals surface area contributed by atoms with E-state index in [0.717, 1.165) is 17.7 Å². The van der Waals surface area contributed by atoms with Gasteiger partial charge in [0.25, 0.3) is 0 Å². The molecule has 0 saturated heterocycles. The highest BCUT2D eigenvalue weighted by Crippen LogP contribution is 2.27. The number of para-hydroxylation sites is 1. The molecule has 0 saturated carbocycles. The maximum atomic E-state index is 5.74. The lowest BCUT2D eigenvalue weighted by Crippen LogP contribution is -2.15. The van der Waals surface area contributed by atoms with Crippen LogP contribution in [0.1, 0.15) is 29.8 Å². The summed E-state index contributed by atoms with van der Waals surface area (Å²) in [5.41, 5.74) is 7.65. The molecule has 0 amide bonds. The lowest BCUT2D eigenvalue weighted by molar-refractivity contribution is 0.764. The number of hydrogen-bond acceptors (Lipinski definition) is 3. The van der Waals surface area contributed by atoms with Gasteiger partial charge in [-0.1, -0.05) is 37.3 Å². The van der Waals surface area contributed by atoms with E-state index in [9.17, 15) is 0 Å². The molecule has 0 aliphatic rings. The summed E-state index contributed by atoms with van der Waals surface area (Å²) in [6.07, 6.45) is 1.02. The lowest BCUT2D eigenvalue weighted by atomic mass is 10.1. The number of nitrogens with one attached hydrogen (secondary N) is 1. The fraction of sp³-hybridized carbons (Fsp3) is 0.214. The van der Waals surface area contributed by atoms with Gasteiger partial charge in [-0.15, -0.1) is 11.3 Å². The van der Waals surface area contributed by atoms with Gasteiger partial charge in [0.15, 0.2) is 0 Å². The van der Waals surface area contributed by atoms with Crippen LogP contribution in [0.2, 0.25) is 0 Å². The third kappa shape index (κ3) is 2.89. The second-order valence-corrected chi connectivity index (χ2v) is 5.45. The third-order valence-corrected chi connectivity index (χ3v) is 4.02. The Balaban J connectivity index is 2.25. The van der Waals surface area contributed by atoms with Crippen molar-refractivity contribution < 1.29 is 0 Å².